The molecule has 0 aliphatic heterocycles. The molecule has 5 heteroatoms. The van der Waals surface area contributed by atoms with Gasteiger partial charge in [0.2, 0.25) is 0 Å². The van der Waals surface area contributed by atoms with Gasteiger partial charge in [0.15, 0.2) is 0 Å². The van der Waals surface area contributed by atoms with Crippen molar-refractivity contribution in [2.24, 2.45) is 0 Å². The van der Waals surface area contributed by atoms with Crippen molar-refractivity contribution in [3.63, 3.8) is 0 Å². The van der Waals surface area contributed by atoms with E-state index < -0.39 is 5.60 Å². The lowest BCUT2D eigenvalue weighted by Crippen LogP contribution is -2.38. The Labute approximate surface area is 173 Å². The van der Waals surface area contributed by atoms with E-state index in [1.54, 1.807) is 0 Å². The van der Waals surface area contributed by atoms with Crippen LogP contribution in [0.4, 0.5) is 0 Å². The lowest BCUT2D eigenvalue weighted by molar-refractivity contribution is -0.156. The molecule has 152 valence electrons. The van der Waals surface area contributed by atoms with Crippen LogP contribution in [0.25, 0.3) is 0 Å². The lowest BCUT2D eigenvalue weighted by atomic mass is 10.1. The molecule has 0 amide bonds. The topological polar surface area (TPSA) is 38.8 Å². The van der Waals surface area contributed by atoms with E-state index in [1.165, 1.54) is 5.56 Å². The van der Waals surface area contributed by atoms with E-state index in [-0.39, 0.29) is 18.6 Å². The number of likely N-dealkylation sites (N-methyl/N-ethyl adjacent to an activating group) is 1. The normalized spacial score (nSPS) is 12.7. The van der Waals surface area contributed by atoms with Crippen molar-refractivity contribution in [2.45, 2.75) is 52.4 Å². The quantitative estimate of drug-likeness (QED) is 0.573. The Morgan fingerprint density at radius 1 is 1.11 bits per heavy atom. The molecule has 0 aliphatic carbocycles. The fourth-order valence-corrected chi connectivity index (χ4v) is 2.92. The molecule has 0 N–H and O–H groups in total. The Bertz CT molecular complexity index is 768. The minimum absolute atomic E-state index is 0.204. The third-order valence-electron chi connectivity index (χ3n) is 4.36. The largest absolute Gasteiger partial charge is 0.489 e. The second kappa shape index (κ2) is 9.94. The van der Waals surface area contributed by atoms with Crippen molar-refractivity contribution < 1.29 is 14.3 Å². The standard InChI is InChI=1S/C23H30ClNO3/c1-17(25(5)15-22(26)28-23(2,3)4)14-18-10-12-20(13-11-18)27-16-19-8-6-7-9-21(19)24/h6-13,17H,14-16H2,1-5H3/t17-/m1/s1. The molecule has 0 saturated heterocycles. The second-order valence-corrected chi connectivity index (χ2v) is 8.49. The number of esters is 1. The van der Waals surface area contributed by atoms with Crippen LogP contribution in [0.5, 0.6) is 5.75 Å². The number of rotatable bonds is 8. The highest BCUT2D eigenvalue weighted by Gasteiger charge is 2.20. The molecule has 4 nitrogen and oxygen atoms in total. The van der Waals surface area contributed by atoms with Crippen molar-refractivity contribution in [2.75, 3.05) is 13.6 Å². The molecule has 2 aromatic rings. The molecule has 1 atom stereocenters. The summed E-state index contributed by atoms with van der Waals surface area (Å²) in [4.78, 5) is 14.0. The Hall–Kier alpha value is -2.04. The van der Waals surface area contributed by atoms with Gasteiger partial charge < -0.3 is 9.47 Å². The van der Waals surface area contributed by atoms with Crippen LogP contribution in [0.15, 0.2) is 48.5 Å². The van der Waals surface area contributed by atoms with Crippen LogP contribution in [0.3, 0.4) is 0 Å². The third-order valence-corrected chi connectivity index (χ3v) is 4.73. The third kappa shape index (κ3) is 7.53. The van der Waals surface area contributed by atoms with Gasteiger partial charge in [0.25, 0.3) is 0 Å². The summed E-state index contributed by atoms with van der Waals surface area (Å²) in [5, 5.41) is 0.709. The molecule has 0 aliphatic rings. The predicted octanol–water partition coefficient (Wildman–Crippen LogP) is 5.12. The minimum Gasteiger partial charge on any atom is -0.489 e. The van der Waals surface area contributed by atoms with Gasteiger partial charge in [-0.3, -0.25) is 9.69 Å². The summed E-state index contributed by atoms with van der Waals surface area (Å²) >= 11 is 6.16. The fourth-order valence-electron chi connectivity index (χ4n) is 2.73. The number of nitrogens with zero attached hydrogens (tertiary/aromatic N) is 1. The van der Waals surface area contributed by atoms with E-state index in [1.807, 2.05) is 69.1 Å². The number of carbonyl (C=O) groups excluding carboxylic acids is 1. The molecule has 0 spiro atoms. The summed E-state index contributed by atoms with van der Waals surface area (Å²) in [5.74, 6) is 0.601. The maximum absolute atomic E-state index is 12.0. The van der Waals surface area contributed by atoms with Crippen molar-refractivity contribution in [1.82, 2.24) is 4.90 Å². The van der Waals surface area contributed by atoms with Gasteiger partial charge >= 0.3 is 5.97 Å². The van der Waals surface area contributed by atoms with E-state index in [2.05, 4.69) is 19.1 Å². The SMILES string of the molecule is C[C@H](Cc1ccc(OCc2ccccc2Cl)cc1)N(C)CC(=O)OC(C)(C)C. The summed E-state index contributed by atoms with van der Waals surface area (Å²) in [6.45, 7) is 8.45. The van der Waals surface area contributed by atoms with Crippen molar-refractivity contribution in [3.8, 4) is 5.75 Å². The van der Waals surface area contributed by atoms with Gasteiger partial charge in [-0.2, -0.15) is 0 Å². The number of ether oxygens (including phenoxy) is 2. The van der Waals surface area contributed by atoms with Crippen LogP contribution in [0.2, 0.25) is 5.02 Å². The number of hydrogen-bond acceptors (Lipinski definition) is 4. The van der Waals surface area contributed by atoms with E-state index in [0.29, 0.717) is 11.6 Å². The van der Waals surface area contributed by atoms with E-state index in [4.69, 9.17) is 21.1 Å². The summed E-state index contributed by atoms with van der Waals surface area (Å²) in [6, 6.07) is 15.9. The van der Waals surface area contributed by atoms with E-state index in [9.17, 15) is 4.79 Å². The average molecular weight is 404 g/mol. The van der Waals surface area contributed by atoms with Gasteiger partial charge in [-0.25, -0.2) is 0 Å². The molecule has 2 rings (SSSR count). The zero-order valence-corrected chi connectivity index (χ0v) is 18.1. The Morgan fingerprint density at radius 2 is 1.75 bits per heavy atom. The van der Waals surface area contributed by atoms with Gasteiger partial charge in [0.1, 0.15) is 18.0 Å². The fraction of sp³-hybridized carbons (Fsp3) is 0.435. The van der Waals surface area contributed by atoms with Crippen molar-refractivity contribution in [3.05, 3.63) is 64.7 Å². The first-order chi connectivity index (χ1) is 13.1. The molecule has 0 heterocycles. The van der Waals surface area contributed by atoms with E-state index >= 15 is 0 Å². The molecule has 2 aromatic carbocycles. The van der Waals surface area contributed by atoms with Crippen LogP contribution in [0.1, 0.15) is 38.8 Å². The summed E-state index contributed by atoms with van der Waals surface area (Å²) in [5.41, 5.74) is 1.69. The Kier molecular flexibility index (Phi) is 7.90. The smallest absolute Gasteiger partial charge is 0.320 e. The molecule has 0 aromatic heterocycles. The molecular formula is C23H30ClNO3. The minimum atomic E-state index is -0.457. The highest BCUT2D eigenvalue weighted by Crippen LogP contribution is 2.20. The average Bonchev–Trinajstić information content (AvgIpc) is 2.60. The first-order valence-electron chi connectivity index (χ1n) is 9.51. The van der Waals surface area contributed by atoms with Crippen LogP contribution < -0.4 is 4.74 Å². The predicted molar refractivity (Wildman–Crippen MR) is 114 cm³/mol. The van der Waals surface area contributed by atoms with Gasteiger partial charge in [0.05, 0.1) is 6.54 Å². The van der Waals surface area contributed by atoms with Crippen LogP contribution in [0, 0.1) is 0 Å². The lowest BCUT2D eigenvalue weighted by Gasteiger charge is -2.26. The van der Waals surface area contributed by atoms with Gasteiger partial charge in [-0.15, -0.1) is 0 Å². The van der Waals surface area contributed by atoms with Gasteiger partial charge in [0, 0.05) is 16.6 Å². The maximum Gasteiger partial charge on any atom is 0.320 e. The number of halogens is 1. The van der Waals surface area contributed by atoms with Crippen LogP contribution in [-0.2, 0) is 22.6 Å². The molecule has 0 bridgehead atoms. The Balaban J connectivity index is 1.84. The summed E-state index contributed by atoms with van der Waals surface area (Å²) in [6.07, 6.45) is 0.837. The molecular weight excluding hydrogens is 374 g/mol. The van der Waals surface area contributed by atoms with Crippen molar-refractivity contribution >= 4 is 17.6 Å². The molecule has 0 unspecified atom stereocenters. The second-order valence-electron chi connectivity index (χ2n) is 8.08. The molecule has 28 heavy (non-hydrogen) atoms. The highest BCUT2D eigenvalue weighted by atomic mass is 35.5. The summed E-state index contributed by atoms with van der Waals surface area (Å²) < 4.78 is 11.2. The number of carbonyl (C=O) groups is 1. The Morgan fingerprint density at radius 3 is 2.36 bits per heavy atom. The summed E-state index contributed by atoms with van der Waals surface area (Å²) in [7, 11) is 1.94. The van der Waals surface area contributed by atoms with Gasteiger partial charge in [-0.05, 0) is 64.9 Å². The van der Waals surface area contributed by atoms with Crippen molar-refractivity contribution in [1.29, 1.82) is 0 Å². The zero-order chi connectivity index (χ0) is 20.7. The molecule has 0 fully saturated rings. The number of benzene rings is 2. The highest BCUT2D eigenvalue weighted by molar-refractivity contribution is 6.31. The first-order valence-corrected chi connectivity index (χ1v) is 9.89. The first kappa shape index (κ1) is 22.3. The number of hydrogen-bond donors (Lipinski definition) is 0. The monoisotopic (exact) mass is 403 g/mol. The van der Waals surface area contributed by atoms with E-state index in [0.717, 1.165) is 17.7 Å². The molecule has 0 saturated carbocycles. The van der Waals surface area contributed by atoms with Gasteiger partial charge in [-0.1, -0.05) is 41.9 Å². The zero-order valence-electron chi connectivity index (χ0n) is 17.4. The van der Waals surface area contributed by atoms with Crippen LogP contribution in [-0.4, -0.2) is 36.1 Å². The maximum atomic E-state index is 12.0. The van der Waals surface area contributed by atoms with Crippen LogP contribution >= 0.6 is 11.6 Å². The molecule has 0 radical (unpaired) electrons.